The fraction of sp³-hybridized carbons (Fsp3) is 0.316. The van der Waals surface area contributed by atoms with Gasteiger partial charge in [-0.2, -0.15) is 0 Å². The summed E-state index contributed by atoms with van der Waals surface area (Å²) in [7, 11) is 0. The highest BCUT2D eigenvalue weighted by molar-refractivity contribution is 6.05. The number of nitrogens with two attached hydrogens (primary N) is 1. The van der Waals surface area contributed by atoms with Crippen LogP contribution in [-0.2, 0) is 4.74 Å². The number of carbonyl (C=O) groups is 1. The van der Waals surface area contributed by atoms with Crippen LogP contribution in [0.25, 0.3) is 0 Å². The normalized spacial score (nSPS) is 17.2. The summed E-state index contributed by atoms with van der Waals surface area (Å²) in [6, 6.07) is 14.3. The van der Waals surface area contributed by atoms with E-state index in [4.69, 9.17) is 15.2 Å². The van der Waals surface area contributed by atoms with Gasteiger partial charge in [-0.3, -0.25) is 4.79 Å². The second-order valence-corrected chi connectivity index (χ2v) is 5.88. The van der Waals surface area contributed by atoms with Crippen molar-refractivity contribution in [2.75, 3.05) is 24.3 Å². The first-order valence-corrected chi connectivity index (χ1v) is 8.23. The Morgan fingerprint density at radius 3 is 2.88 bits per heavy atom. The predicted molar refractivity (Wildman–Crippen MR) is 94.3 cm³/mol. The van der Waals surface area contributed by atoms with Crippen LogP contribution in [0, 0.1) is 0 Å². The van der Waals surface area contributed by atoms with E-state index in [9.17, 15) is 4.79 Å². The Bertz CT molecular complexity index is 697. The molecule has 1 aliphatic heterocycles. The van der Waals surface area contributed by atoms with E-state index in [2.05, 4.69) is 5.32 Å². The largest absolute Gasteiger partial charge is 0.489 e. The molecule has 2 aromatic carbocycles. The Hall–Kier alpha value is -2.53. The molecule has 0 aromatic heterocycles. The van der Waals surface area contributed by atoms with E-state index in [0.717, 1.165) is 19.4 Å². The third-order valence-corrected chi connectivity index (χ3v) is 3.98. The van der Waals surface area contributed by atoms with E-state index in [0.29, 0.717) is 29.3 Å². The molecule has 0 aliphatic carbocycles. The van der Waals surface area contributed by atoms with Crippen LogP contribution in [0.5, 0.6) is 5.75 Å². The summed E-state index contributed by atoms with van der Waals surface area (Å²) >= 11 is 0. The quantitative estimate of drug-likeness (QED) is 0.825. The predicted octanol–water partition coefficient (Wildman–Crippen LogP) is 3.47. The van der Waals surface area contributed by atoms with Crippen molar-refractivity contribution < 1.29 is 14.3 Å². The maximum atomic E-state index is 12.4. The van der Waals surface area contributed by atoms with Crippen LogP contribution in [0.2, 0.25) is 0 Å². The molecule has 126 valence electrons. The smallest absolute Gasteiger partial charge is 0.255 e. The van der Waals surface area contributed by atoms with Gasteiger partial charge in [-0.15, -0.1) is 0 Å². The molecule has 3 N–H and O–H groups in total. The van der Waals surface area contributed by atoms with Gasteiger partial charge in [0.05, 0.1) is 11.8 Å². The van der Waals surface area contributed by atoms with Crippen molar-refractivity contribution in [1.82, 2.24) is 0 Å². The van der Waals surface area contributed by atoms with E-state index in [-0.39, 0.29) is 12.0 Å². The highest BCUT2D eigenvalue weighted by Crippen LogP contribution is 2.25. The fourth-order valence-electron chi connectivity index (χ4n) is 2.69. The van der Waals surface area contributed by atoms with Crippen molar-refractivity contribution >= 4 is 17.3 Å². The average Bonchev–Trinajstić information content (AvgIpc) is 2.62. The number of amides is 1. The number of hydrogen-bond acceptors (Lipinski definition) is 4. The monoisotopic (exact) mass is 326 g/mol. The first kappa shape index (κ1) is 16.3. The maximum absolute atomic E-state index is 12.4. The molecule has 1 unspecified atom stereocenters. The third-order valence-electron chi connectivity index (χ3n) is 3.98. The molecule has 1 saturated heterocycles. The Labute approximate surface area is 141 Å². The zero-order valence-electron chi connectivity index (χ0n) is 13.5. The number of hydrogen-bond donors (Lipinski definition) is 2. The van der Waals surface area contributed by atoms with Gasteiger partial charge in [0, 0.05) is 17.9 Å². The molecule has 1 amide bonds. The average molecular weight is 326 g/mol. The Morgan fingerprint density at radius 1 is 1.21 bits per heavy atom. The van der Waals surface area contributed by atoms with Gasteiger partial charge >= 0.3 is 0 Å². The summed E-state index contributed by atoms with van der Waals surface area (Å²) in [6.45, 7) is 1.28. The lowest BCUT2D eigenvalue weighted by Gasteiger charge is -2.23. The zero-order chi connectivity index (χ0) is 16.8. The van der Waals surface area contributed by atoms with Gasteiger partial charge in [0.15, 0.2) is 0 Å². The van der Waals surface area contributed by atoms with Gasteiger partial charge in [-0.1, -0.05) is 18.2 Å². The SMILES string of the molecule is Nc1cccc(C(=O)Nc2ccccc2OCC2CCCCO2)c1. The molecule has 1 aliphatic rings. The number of benzene rings is 2. The molecule has 0 bridgehead atoms. The van der Waals surface area contributed by atoms with E-state index >= 15 is 0 Å². The van der Waals surface area contributed by atoms with Gasteiger partial charge in [0.25, 0.3) is 5.91 Å². The third kappa shape index (κ3) is 4.26. The fourth-order valence-corrected chi connectivity index (χ4v) is 2.69. The van der Waals surface area contributed by atoms with Crippen LogP contribution in [-0.4, -0.2) is 25.2 Å². The highest BCUT2D eigenvalue weighted by Gasteiger charge is 2.16. The number of nitrogens with one attached hydrogen (secondary N) is 1. The van der Waals surface area contributed by atoms with Gasteiger partial charge < -0.3 is 20.5 Å². The van der Waals surface area contributed by atoms with E-state index in [1.165, 1.54) is 6.42 Å². The molecule has 2 aromatic rings. The second kappa shape index (κ2) is 7.84. The van der Waals surface area contributed by atoms with Crippen molar-refractivity contribution in [3.05, 3.63) is 54.1 Å². The highest BCUT2D eigenvalue weighted by atomic mass is 16.5. The van der Waals surface area contributed by atoms with Crippen LogP contribution in [0.4, 0.5) is 11.4 Å². The molecule has 3 rings (SSSR count). The Balaban J connectivity index is 1.66. The number of rotatable bonds is 5. The van der Waals surface area contributed by atoms with Gasteiger partial charge in [0.2, 0.25) is 0 Å². The van der Waals surface area contributed by atoms with Crippen molar-refractivity contribution in [3.8, 4) is 5.75 Å². The van der Waals surface area contributed by atoms with Crippen LogP contribution in [0.3, 0.4) is 0 Å². The van der Waals surface area contributed by atoms with Crippen molar-refractivity contribution in [2.24, 2.45) is 0 Å². The molecule has 0 saturated carbocycles. The van der Waals surface area contributed by atoms with E-state index < -0.39 is 0 Å². The molecule has 0 spiro atoms. The van der Waals surface area contributed by atoms with Crippen molar-refractivity contribution in [3.63, 3.8) is 0 Å². The molecule has 5 heteroatoms. The maximum Gasteiger partial charge on any atom is 0.255 e. The topological polar surface area (TPSA) is 73.6 Å². The summed E-state index contributed by atoms with van der Waals surface area (Å²) in [5.74, 6) is 0.427. The van der Waals surface area contributed by atoms with E-state index in [1.807, 2.05) is 24.3 Å². The van der Waals surface area contributed by atoms with Crippen LogP contribution in [0.15, 0.2) is 48.5 Å². The first-order chi connectivity index (χ1) is 11.7. The number of carbonyl (C=O) groups excluding carboxylic acids is 1. The second-order valence-electron chi connectivity index (χ2n) is 5.88. The van der Waals surface area contributed by atoms with Crippen LogP contribution >= 0.6 is 0 Å². The zero-order valence-corrected chi connectivity index (χ0v) is 13.5. The molecule has 1 atom stereocenters. The molecule has 5 nitrogen and oxygen atoms in total. The van der Waals surface area contributed by atoms with Gasteiger partial charge in [-0.25, -0.2) is 0 Å². The molecular formula is C19H22N2O3. The summed E-state index contributed by atoms with van der Waals surface area (Å²) in [4.78, 5) is 12.4. The van der Waals surface area contributed by atoms with Crippen molar-refractivity contribution in [2.45, 2.75) is 25.4 Å². The van der Waals surface area contributed by atoms with Crippen LogP contribution in [0.1, 0.15) is 29.6 Å². The molecule has 0 radical (unpaired) electrons. The molecule has 24 heavy (non-hydrogen) atoms. The number of anilines is 2. The minimum Gasteiger partial charge on any atom is -0.489 e. The lowest BCUT2D eigenvalue weighted by atomic mass is 10.1. The summed E-state index contributed by atoms with van der Waals surface area (Å²) in [5, 5.41) is 2.88. The summed E-state index contributed by atoms with van der Waals surface area (Å²) in [5.41, 5.74) is 7.44. The number of ether oxygens (including phenoxy) is 2. The lowest BCUT2D eigenvalue weighted by molar-refractivity contribution is -0.0109. The Kier molecular flexibility index (Phi) is 5.33. The van der Waals surface area contributed by atoms with Crippen LogP contribution < -0.4 is 15.8 Å². The summed E-state index contributed by atoms with van der Waals surface area (Å²) in [6.07, 6.45) is 3.42. The Morgan fingerprint density at radius 2 is 2.08 bits per heavy atom. The van der Waals surface area contributed by atoms with Crippen molar-refractivity contribution in [1.29, 1.82) is 0 Å². The van der Waals surface area contributed by atoms with Gasteiger partial charge in [0.1, 0.15) is 12.4 Å². The lowest BCUT2D eigenvalue weighted by Crippen LogP contribution is -2.26. The van der Waals surface area contributed by atoms with E-state index in [1.54, 1.807) is 24.3 Å². The molecule has 1 heterocycles. The first-order valence-electron chi connectivity index (χ1n) is 8.23. The molecular weight excluding hydrogens is 304 g/mol. The minimum absolute atomic E-state index is 0.122. The standard InChI is InChI=1S/C19H22N2O3/c20-15-7-5-6-14(12-15)19(22)21-17-9-1-2-10-18(17)24-13-16-8-3-4-11-23-16/h1-2,5-7,9-10,12,16H,3-4,8,11,13,20H2,(H,21,22). The number of nitrogen functional groups attached to an aromatic ring is 1. The number of para-hydroxylation sites is 2. The van der Waals surface area contributed by atoms with Gasteiger partial charge in [-0.05, 0) is 49.6 Å². The summed E-state index contributed by atoms with van der Waals surface area (Å²) < 4.78 is 11.5. The minimum atomic E-state index is -0.215. The molecule has 1 fully saturated rings.